The number of para-hydroxylation sites is 1. The second-order valence-electron chi connectivity index (χ2n) is 19.9. The van der Waals surface area contributed by atoms with Crippen LogP contribution in [0.25, 0.3) is 46.2 Å². The summed E-state index contributed by atoms with van der Waals surface area (Å²) in [4.78, 5) is 4.84. The van der Waals surface area contributed by atoms with Crippen molar-refractivity contribution in [3.8, 4) is 11.1 Å². The van der Waals surface area contributed by atoms with Crippen molar-refractivity contribution in [2.24, 2.45) is 5.73 Å². The van der Waals surface area contributed by atoms with Gasteiger partial charge in [0.2, 0.25) is 0 Å². The maximum Gasteiger partial charge on any atom is 0.0534 e. The Morgan fingerprint density at radius 3 is 1.95 bits per heavy atom. The summed E-state index contributed by atoms with van der Waals surface area (Å²) in [5, 5.41) is 3.83. The van der Waals surface area contributed by atoms with Crippen molar-refractivity contribution < 1.29 is 0 Å². The Labute approximate surface area is 445 Å². The maximum atomic E-state index is 7.01. The number of hydrogen-bond acceptors (Lipinski definition) is 4. The Kier molecular flexibility index (Phi) is 14.8. The minimum absolute atomic E-state index is 0.0288. The molecule has 2 heterocycles. The quantitative estimate of drug-likeness (QED) is 0.0794. The number of fused-ring (bicyclic) bond motifs is 4. The van der Waals surface area contributed by atoms with Gasteiger partial charge in [-0.1, -0.05) is 208 Å². The Morgan fingerprint density at radius 2 is 1.21 bits per heavy atom. The van der Waals surface area contributed by atoms with Gasteiger partial charge in [-0.3, -0.25) is 0 Å². The summed E-state index contributed by atoms with van der Waals surface area (Å²) in [6.45, 7) is 5.32. The van der Waals surface area contributed by atoms with Crippen molar-refractivity contribution in [3.05, 3.63) is 280 Å². The van der Waals surface area contributed by atoms with Gasteiger partial charge in [-0.15, -0.1) is 0 Å². The molecule has 3 N–H and O–H groups in total. The van der Waals surface area contributed by atoms with E-state index in [0.717, 1.165) is 84.0 Å². The standard InChI is InChI=1S/C71H66N4/c1-3-5-9-18-51(4-2)50-73-67(57-23-14-8-15-24-57)49-66(72)56-35-42-65(43-36-56)74-68-26-17-16-25-58(68)29-30-59-28-27-55(37-44-69(59)74)61-39-46-71-63(48-61)32-31-62-47-60(53-21-12-7-13-22-53)38-45-70(62)75(71)64-40-33-54(34-41-64)52-19-10-6-11-20-52/h6,8,10-12,14-26,28-49,67,73H,3-5,7,9,13,27,50,72H2,1-2H3/b51-18+,66-49-. The van der Waals surface area contributed by atoms with E-state index in [1.54, 1.807) is 0 Å². The number of allylic oxidation sites excluding steroid dienone is 10. The lowest BCUT2D eigenvalue weighted by atomic mass is 9.97. The summed E-state index contributed by atoms with van der Waals surface area (Å²) >= 11 is 0. The van der Waals surface area contributed by atoms with Gasteiger partial charge >= 0.3 is 0 Å². The van der Waals surface area contributed by atoms with Crippen LogP contribution in [0.2, 0.25) is 0 Å². The number of rotatable bonds is 15. The van der Waals surface area contributed by atoms with E-state index in [1.165, 1.54) is 79.6 Å². The van der Waals surface area contributed by atoms with E-state index in [9.17, 15) is 0 Å². The summed E-state index contributed by atoms with van der Waals surface area (Å²) < 4.78 is 0. The van der Waals surface area contributed by atoms with Crippen molar-refractivity contribution in [1.82, 2.24) is 5.32 Å². The molecule has 11 rings (SSSR count). The highest BCUT2D eigenvalue weighted by Crippen LogP contribution is 2.46. The van der Waals surface area contributed by atoms with E-state index in [2.05, 4.69) is 272 Å². The molecule has 75 heavy (non-hydrogen) atoms. The van der Waals surface area contributed by atoms with E-state index < -0.39 is 0 Å². The van der Waals surface area contributed by atoms with Crippen molar-refractivity contribution in [2.45, 2.75) is 64.8 Å². The number of nitrogens with one attached hydrogen (secondary N) is 1. The SMILES string of the molecule is CCCC/C=C(\CC)CNC(/C=C(\N)c1ccc(N2C3=CC=C(c4ccc5c(c4)C=Cc4cc(C6=CCCC=C6)ccc4N5c4ccc(-c5ccccc5)cc4)CC=C3C=Cc3ccccc32)cc1)c1ccccc1. The topological polar surface area (TPSA) is 44.5 Å². The second-order valence-corrected chi connectivity index (χ2v) is 19.9. The van der Waals surface area contributed by atoms with Crippen molar-refractivity contribution in [2.75, 3.05) is 16.3 Å². The highest BCUT2D eigenvalue weighted by molar-refractivity contribution is 5.96. The first-order chi connectivity index (χ1) is 37.0. The van der Waals surface area contributed by atoms with Crippen LogP contribution in [0.1, 0.15) is 104 Å². The Balaban J connectivity index is 0.919. The average molecular weight is 975 g/mol. The van der Waals surface area contributed by atoms with Crippen LogP contribution in [0.15, 0.2) is 241 Å². The van der Waals surface area contributed by atoms with Crippen LogP contribution in [-0.2, 0) is 0 Å². The van der Waals surface area contributed by atoms with Crippen LogP contribution in [0.4, 0.5) is 28.4 Å². The molecule has 0 aromatic heterocycles. The van der Waals surface area contributed by atoms with Gasteiger partial charge in [-0.05, 0) is 166 Å². The molecule has 1 atom stereocenters. The second kappa shape index (κ2) is 22.8. The van der Waals surface area contributed by atoms with Crippen molar-refractivity contribution in [3.63, 3.8) is 0 Å². The van der Waals surface area contributed by atoms with Crippen LogP contribution >= 0.6 is 0 Å². The molecule has 2 aliphatic carbocycles. The number of nitrogens with zero attached hydrogens (tertiary/aromatic N) is 2. The zero-order valence-electron chi connectivity index (χ0n) is 43.3. The predicted molar refractivity (Wildman–Crippen MR) is 322 cm³/mol. The lowest BCUT2D eigenvalue weighted by Gasteiger charge is -2.28. The first kappa shape index (κ1) is 48.8. The van der Waals surface area contributed by atoms with Crippen LogP contribution in [0.5, 0.6) is 0 Å². The number of hydrogen-bond donors (Lipinski definition) is 2. The number of benzene rings is 7. The van der Waals surface area contributed by atoms with Gasteiger partial charge in [-0.2, -0.15) is 0 Å². The first-order valence-electron chi connectivity index (χ1n) is 27.0. The molecule has 4 aliphatic rings. The lowest BCUT2D eigenvalue weighted by molar-refractivity contribution is 0.647. The molecule has 7 aromatic carbocycles. The van der Waals surface area contributed by atoms with Gasteiger partial charge in [0.1, 0.15) is 0 Å². The maximum absolute atomic E-state index is 7.01. The monoisotopic (exact) mass is 975 g/mol. The van der Waals surface area contributed by atoms with E-state index >= 15 is 0 Å². The number of unbranched alkanes of at least 4 members (excludes halogenated alkanes) is 2. The smallest absolute Gasteiger partial charge is 0.0534 e. The Morgan fingerprint density at radius 1 is 0.573 bits per heavy atom. The normalized spacial score (nSPS) is 15.5. The minimum Gasteiger partial charge on any atom is -0.398 e. The Bertz CT molecular complexity index is 3470. The summed E-state index contributed by atoms with van der Waals surface area (Å²) in [7, 11) is 0. The summed E-state index contributed by atoms with van der Waals surface area (Å²) in [6, 6.07) is 61.6. The largest absolute Gasteiger partial charge is 0.398 e. The first-order valence-corrected chi connectivity index (χ1v) is 27.0. The van der Waals surface area contributed by atoms with Crippen molar-refractivity contribution >= 4 is 63.5 Å². The fourth-order valence-corrected chi connectivity index (χ4v) is 10.8. The molecule has 0 spiro atoms. The van der Waals surface area contributed by atoms with E-state index in [1.807, 2.05) is 0 Å². The molecule has 4 nitrogen and oxygen atoms in total. The van der Waals surface area contributed by atoms with Gasteiger partial charge in [0.05, 0.1) is 28.8 Å². The van der Waals surface area contributed by atoms with E-state index in [-0.39, 0.29) is 6.04 Å². The molecule has 7 aromatic rings. The zero-order valence-corrected chi connectivity index (χ0v) is 43.3. The third-order valence-corrected chi connectivity index (χ3v) is 15.0. The van der Waals surface area contributed by atoms with Crippen LogP contribution in [0, 0.1) is 0 Å². The Hall–Kier alpha value is -8.44. The van der Waals surface area contributed by atoms with Gasteiger partial charge in [0, 0.05) is 23.6 Å². The summed E-state index contributed by atoms with van der Waals surface area (Å²) in [5.74, 6) is 0. The minimum atomic E-state index is -0.0288. The van der Waals surface area contributed by atoms with E-state index in [0.29, 0.717) is 0 Å². The van der Waals surface area contributed by atoms with Crippen molar-refractivity contribution in [1.29, 1.82) is 0 Å². The zero-order chi connectivity index (χ0) is 50.9. The molecule has 0 fully saturated rings. The third-order valence-electron chi connectivity index (χ3n) is 15.0. The molecule has 4 heteroatoms. The highest BCUT2D eigenvalue weighted by atomic mass is 15.2. The van der Waals surface area contributed by atoms with Gasteiger partial charge in [0.15, 0.2) is 0 Å². The van der Waals surface area contributed by atoms with Crippen LogP contribution in [0.3, 0.4) is 0 Å². The molecular weight excluding hydrogens is 909 g/mol. The third kappa shape index (κ3) is 10.8. The average Bonchev–Trinajstić information content (AvgIpc) is 3.88. The number of nitrogens with two attached hydrogens (primary N) is 1. The number of anilines is 5. The lowest BCUT2D eigenvalue weighted by Crippen LogP contribution is -2.23. The summed E-state index contributed by atoms with van der Waals surface area (Å²) in [5.41, 5.74) is 30.3. The summed E-state index contributed by atoms with van der Waals surface area (Å²) in [6.07, 6.45) is 35.2. The molecule has 0 saturated carbocycles. The van der Waals surface area contributed by atoms with E-state index in [4.69, 9.17) is 5.73 Å². The molecular formula is C71H66N4. The predicted octanol–water partition coefficient (Wildman–Crippen LogP) is 18.7. The molecule has 370 valence electrons. The fraction of sp³-hybridized carbons (Fsp3) is 0.155. The molecule has 0 bridgehead atoms. The fourth-order valence-electron chi connectivity index (χ4n) is 10.8. The van der Waals surface area contributed by atoms with Gasteiger partial charge < -0.3 is 20.9 Å². The molecule has 0 saturated heterocycles. The van der Waals surface area contributed by atoms with Crippen LogP contribution < -0.4 is 20.9 Å². The highest BCUT2D eigenvalue weighted by Gasteiger charge is 2.25. The molecule has 0 amide bonds. The molecule has 0 radical (unpaired) electrons. The van der Waals surface area contributed by atoms with Crippen LogP contribution in [-0.4, -0.2) is 6.54 Å². The van der Waals surface area contributed by atoms with Gasteiger partial charge in [-0.25, -0.2) is 0 Å². The van der Waals surface area contributed by atoms with Gasteiger partial charge in [0.25, 0.3) is 0 Å². The molecule has 1 unspecified atom stereocenters. The molecule has 2 aliphatic heterocycles.